The van der Waals surface area contributed by atoms with Gasteiger partial charge in [-0.05, 0) is 56.6 Å². The first kappa shape index (κ1) is 10.1. The standard InChI is InChI=1S/C21H11N/c22-21-13-5-3-11-7-9-1-2-10-8-12-4-6-14(21)20-18(12)16(10)15(9)17(11)19(13)20/h1-6,22H,7-8H2. The number of hydrogen-bond donors (Lipinski definition) is 1. The van der Waals surface area contributed by atoms with Crippen molar-refractivity contribution in [3.8, 4) is 0 Å². The molecule has 5 aromatic rings. The van der Waals surface area contributed by atoms with Crippen LogP contribution in [0.5, 0.6) is 0 Å². The van der Waals surface area contributed by atoms with Crippen LogP contribution < -0.4 is 5.36 Å². The second-order valence-electron chi connectivity index (χ2n) is 6.91. The van der Waals surface area contributed by atoms with Crippen molar-refractivity contribution in [1.29, 1.82) is 5.41 Å². The molecule has 0 saturated heterocycles. The Balaban J connectivity index is 2.10. The van der Waals surface area contributed by atoms with Crippen LogP contribution in [0.3, 0.4) is 0 Å². The molecule has 0 aliphatic heterocycles. The normalized spacial score (nSPS) is 15.1. The molecule has 0 unspecified atom stereocenters. The summed E-state index contributed by atoms with van der Waals surface area (Å²) in [6.07, 6.45) is 2.11. The molecule has 2 aliphatic carbocycles. The molecule has 0 atom stereocenters. The molecule has 1 nitrogen and oxygen atoms in total. The summed E-state index contributed by atoms with van der Waals surface area (Å²) in [5.41, 5.74) is 5.85. The largest absolute Gasteiger partial charge is 0.300 e. The van der Waals surface area contributed by atoms with E-state index >= 15 is 0 Å². The Kier molecular flexibility index (Phi) is 1.29. The lowest BCUT2D eigenvalue weighted by molar-refractivity contribution is 1.24. The van der Waals surface area contributed by atoms with E-state index in [0.717, 1.165) is 23.6 Å². The molecule has 100 valence electrons. The van der Waals surface area contributed by atoms with Crippen LogP contribution in [0.2, 0.25) is 0 Å². The number of rotatable bonds is 0. The van der Waals surface area contributed by atoms with E-state index in [9.17, 15) is 0 Å². The summed E-state index contributed by atoms with van der Waals surface area (Å²) in [5, 5.41) is 20.2. The second-order valence-corrected chi connectivity index (χ2v) is 6.91. The number of hydrogen-bond acceptors (Lipinski definition) is 1. The van der Waals surface area contributed by atoms with Crippen LogP contribution >= 0.6 is 0 Å². The highest BCUT2D eigenvalue weighted by molar-refractivity contribution is 6.38. The van der Waals surface area contributed by atoms with Gasteiger partial charge in [-0.1, -0.05) is 36.4 Å². The summed E-state index contributed by atoms with van der Waals surface area (Å²) in [5.74, 6) is 0. The summed E-state index contributed by atoms with van der Waals surface area (Å²) in [6, 6.07) is 13.5. The minimum absolute atomic E-state index is 0.713. The molecule has 0 saturated carbocycles. The van der Waals surface area contributed by atoms with Gasteiger partial charge in [0.2, 0.25) is 0 Å². The Hall–Kier alpha value is -2.67. The van der Waals surface area contributed by atoms with Gasteiger partial charge >= 0.3 is 0 Å². The van der Waals surface area contributed by atoms with Crippen LogP contribution in [0.25, 0.3) is 43.1 Å². The van der Waals surface area contributed by atoms with E-state index < -0.39 is 0 Å². The maximum atomic E-state index is 8.62. The molecule has 2 aliphatic rings. The van der Waals surface area contributed by atoms with Gasteiger partial charge in [0.05, 0.1) is 5.36 Å². The van der Waals surface area contributed by atoms with E-state index in [4.69, 9.17) is 5.41 Å². The van der Waals surface area contributed by atoms with Gasteiger partial charge in [0, 0.05) is 21.5 Å². The van der Waals surface area contributed by atoms with Gasteiger partial charge in [-0.3, -0.25) is 5.41 Å². The van der Waals surface area contributed by atoms with Crippen LogP contribution in [-0.2, 0) is 12.8 Å². The van der Waals surface area contributed by atoms with Gasteiger partial charge in [0.15, 0.2) is 0 Å². The van der Waals surface area contributed by atoms with Gasteiger partial charge in [-0.15, -0.1) is 0 Å². The second kappa shape index (κ2) is 2.80. The van der Waals surface area contributed by atoms with E-state index in [1.54, 1.807) is 0 Å². The zero-order chi connectivity index (χ0) is 14.2. The molecule has 0 heterocycles. The van der Waals surface area contributed by atoms with Crippen molar-refractivity contribution in [2.45, 2.75) is 12.8 Å². The van der Waals surface area contributed by atoms with Crippen LogP contribution in [0.4, 0.5) is 0 Å². The highest BCUT2D eigenvalue weighted by atomic mass is 14.4. The first-order valence-electron chi connectivity index (χ1n) is 7.90. The Morgan fingerprint density at radius 2 is 0.864 bits per heavy atom. The first-order chi connectivity index (χ1) is 10.8. The maximum absolute atomic E-state index is 8.62. The highest BCUT2D eigenvalue weighted by Crippen LogP contribution is 2.51. The van der Waals surface area contributed by atoms with Gasteiger partial charge in [0.1, 0.15) is 0 Å². The molecule has 0 aromatic heterocycles. The minimum Gasteiger partial charge on any atom is -0.300 e. The minimum atomic E-state index is 0.713. The van der Waals surface area contributed by atoms with E-state index in [1.165, 1.54) is 54.6 Å². The van der Waals surface area contributed by atoms with Crippen molar-refractivity contribution in [3.05, 3.63) is 64.0 Å². The van der Waals surface area contributed by atoms with Gasteiger partial charge in [0.25, 0.3) is 0 Å². The maximum Gasteiger partial charge on any atom is 0.0697 e. The van der Waals surface area contributed by atoms with Crippen molar-refractivity contribution >= 4 is 43.1 Å². The molecule has 0 bridgehead atoms. The van der Waals surface area contributed by atoms with E-state index in [2.05, 4.69) is 36.4 Å². The lowest BCUT2D eigenvalue weighted by Crippen LogP contribution is -1.94. The molecule has 7 rings (SSSR count). The molecule has 0 amide bonds. The predicted octanol–water partition coefficient (Wildman–Crippen LogP) is 4.46. The smallest absolute Gasteiger partial charge is 0.0697 e. The van der Waals surface area contributed by atoms with Crippen molar-refractivity contribution in [2.24, 2.45) is 0 Å². The summed E-state index contributed by atoms with van der Waals surface area (Å²) in [4.78, 5) is 0. The summed E-state index contributed by atoms with van der Waals surface area (Å²) in [6.45, 7) is 0. The fourth-order valence-electron chi connectivity index (χ4n) is 5.20. The van der Waals surface area contributed by atoms with Crippen molar-refractivity contribution in [2.75, 3.05) is 0 Å². The van der Waals surface area contributed by atoms with Crippen LogP contribution in [-0.4, -0.2) is 0 Å². The molecule has 5 aromatic carbocycles. The third-order valence-corrected chi connectivity index (χ3v) is 6.01. The van der Waals surface area contributed by atoms with Crippen molar-refractivity contribution < 1.29 is 0 Å². The quantitative estimate of drug-likeness (QED) is 0.396. The van der Waals surface area contributed by atoms with E-state index in [0.29, 0.717) is 5.36 Å². The first-order valence-corrected chi connectivity index (χ1v) is 7.90. The Morgan fingerprint density at radius 1 is 0.500 bits per heavy atom. The third-order valence-electron chi connectivity index (χ3n) is 6.01. The lowest BCUT2D eigenvalue weighted by atomic mass is 9.95. The Bertz CT molecular complexity index is 1270. The third kappa shape index (κ3) is 0.793. The zero-order valence-electron chi connectivity index (χ0n) is 11.9. The molecular formula is C21H11N. The van der Waals surface area contributed by atoms with Crippen LogP contribution in [0.15, 0.2) is 36.4 Å². The molecular weight excluding hydrogens is 266 g/mol. The topological polar surface area (TPSA) is 23.9 Å². The molecule has 1 heteroatoms. The predicted molar refractivity (Wildman–Crippen MR) is 90.3 cm³/mol. The average molecular weight is 277 g/mol. The fourth-order valence-corrected chi connectivity index (χ4v) is 5.20. The van der Waals surface area contributed by atoms with Crippen molar-refractivity contribution in [3.63, 3.8) is 0 Å². The van der Waals surface area contributed by atoms with Gasteiger partial charge in [-0.2, -0.15) is 0 Å². The van der Waals surface area contributed by atoms with Crippen LogP contribution in [0.1, 0.15) is 22.3 Å². The summed E-state index contributed by atoms with van der Waals surface area (Å²) in [7, 11) is 0. The van der Waals surface area contributed by atoms with Crippen molar-refractivity contribution in [1.82, 2.24) is 0 Å². The van der Waals surface area contributed by atoms with E-state index in [-0.39, 0.29) is 0 Å². The number of benzene rings is 4. The fraction of sp³-hybridized carbons (Fsp3) is 0.0952. The SMILES string of the molecule is N=c1c2ccc3c4c5c(ccc6c5c5c(ccc1c5c24)C6)C3. The van der Waals surface area contributed by atoms with E-state index in [1.807, 2.05) is 0 Å². The summed E-state index contributed by atoms with van der Waals surface area (Å²) < 4.78 is 0. The number of nitrogens with one attached hydrogen (secondary N) is 1. The monoisotopic (exact) mass is 277 g/mol. The lowest BCUT2D eigenvalue weighted by Gasteiger charge is -2.08. The zero-order valence-corrected chi connectivity index (χ0v) is 11.9. The Morgan fingerprint density at radius 3 is 1.32 bits per heavy atom. The van der Waals surface area contributed by atoms with Gasteiger partial charge < -0.3 is 0 Å². The highest BCUT2D eigenvalue weighted by Gasteiger charge is 2.29. The molecule has 0 spiro atoms. The Labute approximate surface area is 126 Å². The van der Waals surface area contributed by atoms with Crippen LogP contribution in [0, 0.1) is 5.41 Å². The average Bonchev–Trinajstić information content (AvgIpc) is 3.16. The molecule has 22 heavy (non-hydrogen) atoms. The molecule has 0 radical (unpaired) electrons. The summed E-state index contributed by atoms with van der Waals surface area (Å²) >= 11 is 0. The van der Waals surface area contributed by atoms with Gasteiger partial charge in [-0.25, -0.2) is 0 Å². The molecule has 0 fully saturated rings. The molecule has 1 N–H and O–H groups in total.